The lowest BCUT2D eigenvalue weighted by atomic mass is 9.98. The Kier molecular flexibility index (Phi) is 5.52. The van der Waals surface area contributed by atoms with Crippen LogP contribution in [0.25, 0.3) is 0 Å². The molecule has 0 spiro atoms. The standard InChI is InChI=1S/C20H22ClN3/c1-2-23-14-19(12-22)24(13-16-6-4-3-5-7-16)20(15-23)17-8-10-18(21)11-9-17/h3-11,19-20H,2,13-15H2,1H3. The van der Waals surface area contributed by atoms with Crippen molar-refractivity contribution < 1.29 is 0 Å². The highest BCUT2D eigenvalue weighted by Crippen LogP contribution is 2.31. The van der Waals surface area contributed by atoms with Crippen LogP contribution in [0, 0.1) is 11.3 Å². The van der Waals surface area contributed by atoms with E-state index in [4.69, 9.17) is 11.6 Å². The molecule has 1 fully saturated rings. The third-order valence-corrected chi connectivity index (χ3v) is 4.97. The van der Waals surface area contributed by atoms with E-state index in [0.717, 1.165) is 31.2 Å². The SMILES string of the molecule is CCN1CC(C#N)N(Cc2ccccc2)C(c2ccc(Cl)cc2)C1. The average molecular weight is 340 g/mol. The maximum atomic E-state index is 9.72. The molecule has 0 aliphatic carbocycles. The van der Waals surface area contributed by atoms with Crippen molar-refractivity contribution in [2.45, 2.75) is 25.6 Å². The largest absolute Gasteiger partial charge is 0.299 e. The molecule has 124 valence electrons. The van der Waals surface area contributed by atoms with Crippen molar-refractivity contribution >= 4 is 11.6 Å². The highest BCUT2D eigenvalue weighted by atomic mass is 35.5. The number of piperazine rings is 1. The van der Waals surface area contributed by atoms with Crippen molar-refractivity contribution in [3.8, 4) is 6.07 Å². The lowest BCUT2D eigenvalue weighted by Gasteiger charge is -2.44. The van der Waals surface area contributed by atoms with E-state index in [-0.39, 0.29) is 12.1 Å². The van der Waals surface area contributed by atoms with Gasteiger partial charge in [-0.05, 0) is 29.8 Å². The first-order chi connectivity index (χ1) is 11.7. The van der Waals surface area contributed by atoms with E-state index in [1.165, 1.54) is 11.1 Å². The predicted molar refractivity (Wildman–Crippen MR) is 97.7 cm³/mol. The third-order valence-electron chi connectivity index (χ3n) is 4.72. The first-order valence-corrected chi connectivity index (χ1v) is 8.76. The summed E-state index contributed by atoms with van der Waals surface area (Å²) in [5.74, 6) is 0. The zero-order valence-corrected chi connectivity index (χ0v) is 14.7. The van der Waals surface area contributed by atoms with Gasteiger partial charge >= 0.3 is 0 Å². The number of rotatable bonds is 4. The van der Waals surface area contributed by atoms with E-state index in [2.05, 4.69) is 59.2 Å². The summed E-state index contributed by atoms with van der Waals surface area (Å²) in [7, 11) is 0. The zero-order chi connectivity index (χ0) is 16.9. The second-order valence-corrected chi connectivity index (χ2v) is 6.66. The number of benzene rings is 2. The summed E-state index contributed by atoms with van der Waals surface area (Å²) in [5.41, 5.74) is 2.45. The molecule has 0 amide bonds. The first-order valence-electron chi connectivity index (χ1n) is 8.38. The van der Waals surface area contributed by atoms with E-state index < -0.39 is 0 Å². The Balaban J connectivity index is 1.92. The molecule has 1 saturated heterocycles. The molecule has 1 aliphatic rings. The van der Waals surface area contributed by atoms with Crippen molar-refractivity contribution in [1.82, 2.24) is 9.80 Å². The molecule has 3 rings (SSSR count). The summed E-state index contributed by atoms with van der Waals surface area (Å²) in [6.45, 7) is 5.62. The fourth-order valence-electron chi connectivity index (χ4n) is 3.36. The molecular formula is C20H22ClN3. The lowest BCUT2D eigenvalue weighted by molar-refractivity contribution is 0.0416. The van der Waals surface area contributed by atoms with Crippen LogP contribution in [0.2, 0.25) is 5.02 Å². The van der Waals surface area contributed by atoms with Gasteiger partial charge in [-0.15, -0.1) is 0 Å². The highest BCUT2D eigenvalue weighted by Gasteiger charge is 2.34. The van der Waals surface area contributed by atoms with Gasteiger partial charge in [-0.25, -0.2) is 0 Å². The van der Waals surface area contributed by atoms with Gasteiger partial charge in [0.05, 0.1) is 6.07 Å². The van der Waals surface area contributed by atoms with E-state index >= 15 is 0 Å². The molecule has 24 heavy (non-hydrogen) atoms. The number of nitrogens with zero attached hydrogens (tertiary/aromatic N) is 3. The lowest BCUT2D eigenvalue weighted by Crippen LogP contribution is -2.53. The van der Waals surface area contributed by atoms with Crippen LogP contribution in [0.3, 0.4) is 0 Å². The number of nitriles is 1. The third kappa shape index (κ3) is 3.79. The first kappa shape index (κ1) is 17.0. The van der Waals surface area contributed by atoms with Crippen LogP contribution >= 0.6 is 11.6 Å². The second kappa shape index (κ2) is 7.81. The minimum Gasteiger partial charge on any atom is -0.299 e. The molecule has 3 nitrogen and oxygen atoms in total. The molecule has 0 saturated carbocycles. The Bertz CT molecular complexity index is 693. The zero-order valence-electron chi connectivity index (χ0n) is 13.9. The smallest absolute Gasteiger partial charge is 0.111 e. The average Bonchev–Trinajstić information content (AvgIpc) is 2.63. The predicted octanol–water partition coefficient (Wildman–Crippen LogP) is 4.11. The van der Waals surface area contributed by atoms with Crippen molar-refractivity contribution in [3.05, 3.63) is 70.7 Å². The molecule has 4 heteroatoms. The fourth-order valence-corrected chi connectivity index (χ4v) is 3.49. The highest BCUT2D eigenvalue weighted by molar-refractivity contribution is 6.30. The van der Waals surface area contributed by atoms with Gasteiger partial charge in [-0.3, -0.25) is 9.80 Å². The minimum atomic E-state index is -0.111. The Morgan fingerprint density at radius 1 is 1.08 bits per heavy atom. The number of halogens is 1. The van der Waals surface area contributed by atoms with Crippen LogP contribution in [0.1, 0.15) is 24.1 Å². The van der Waals surface area contributed by atoms with E-state index in [1.54, 1.807) is 0 Å². The topological polar surface area (TPSA) is 30.3 Å². The Labute approximate surface area is 149 Å². The van der Waals surface area contributed by atoms with E-state index in [0.29, 0.717) is 0 Å². The summed E-state index contributed by atoms with van der Waals surface area (Å²) in [4.78, 5) is 4.68. The summed E-state index contributed by atoms with van der Waals surface area (Å²) >= 11 is 6.05. The van der Waals surface area contributed by atoms with Gasteiger partial charge < -0.3 is 0 Å². The van der Waals surface area contributed by atoms with Crippen LogP contribution < -0.4 is 0 Å². The summed E-state index contributed by atoms with van der Waals surface area (Å²) in [6.07, 6.45) is 0. The van der Waals surface area contributed by atoms with Crippen molar-refractivity contribution in [3.63, 3.8) is 0 Å². The van der Waals surface area contributed by atoms with Crippen LogP contribution in [0.5, 0.6) is 0 Å². The van der Waals surface area contributed by atoms with Gasteiger partial charge in [-0.1, -0.05) is 61.0 Å². The van der Waals surface area contributed by atoms with Gasteiger partial charge in [0.15, 0.2) is 0 Å². The van der Waals surface area contributed by atoms with Crippen molar-refractivity contribution in [2.75, 3.05) is 19.6 Å². The van der Waals surface area contributed by atoms with Crippen molar-refractivity contribution in [1.29, 1.82) is 5.26 Å². The summed E-state index contributed by atoms with van der Waals surface area (Å²) in [5, 5.41) is 10.5. The molecule has 0 aromatic heterocycles. The quantitative estimate of drug-likeness (QED) is 0.839. The van der Waals surface area contributed by atoms with Gasteiger partial charge in [0, 0.05) is 30.7 Å². The molecule has 0 N–H and O–H groups in total. The number of likely N-dealkylation sites (N-methyl/N-ethyl adjacent to an activating group) is 1. The minimum absolute atomic E-state index is 0.111. The molecule has 2 aromatic carbocycles. The van der Waals surface area contributed by atoms with Gasteiger partial charge in [0.25, 0.3) is 0 Å². The van der Waals surface area contributed by atoms with Crippen LogP contribution in [-0.4, -0.2) is 35.5 Å². The summed E-state index contributed by atoms with van der Waals surface area (Å²) in [6, 6.07) is 21.0. The van der Waals surface area contributed by atoms with Crippen LogP contribution in [0.15, 0.2) is 54.6 Å². The second-order valence-electron chi connectivity index (χ2n) is 6.22. The molecule has 0 radical (unpaired) electrons. The Hall–Kier alpha value is -1.86. The molecule has 1 aliphatic heterocycles. The van der Waals surface area contributed by atoms with Crippen LogP contribution in [-0.2, 0) is 6.54 Å². The molecule has 2 atom stereocenters. The molecule has 2 aromatic rings. The maximum Gasteiger partial charge on any atom is 0.111 e. The van der Waals surface area contributed by atoms with Gasteiger partial charge in [0.2, 0.25) is 0 Å². The fraction of sp³-hybridized carbons (Fsp3) is 0.350. The van der Waals surface area contributed by atoms with Gasteiger partial charge in [0.1, 0.15) is 6.04 Å². The Morgan fingerprint density at radius 3 is 2.42 bits per heavy atom. The molecule has 2 unspecified atom stereocenters. The number of hydrogen-bond donors (Lipinski definition) is 0. The van der Waals surface area contributed by atoms with Crippen LogP contribution in [0.4, 0.5) is 0 Å². The number of hydrogen-bond acceptors (Lipinski definition) is 3. The molecular weight excluding hydrogens is 318 g/mol. The van der Waals surface area contributed by atoms with E-state index in [9.17, 15) is 5.26 Å². The molecule has 0 bridgehead atoms. The summed E-state index contributed by atoms with van der Waals surface area (Å²) < 4.78 is 0. The Morgan fingerprint density at radius 2 is 1.79 bits per heavy atom. The maximum absolute atomic E-state index is 9.72. The van der Waals surface area contributed by atoms with Crippen molar-refractivity contribution in [2.24, 2.45) is 0 Å². The van der Waals surface area contributed by atoms with E-state index in [1.807, 2.05) is 18.2 Å². The van der Waals surface area contributed by atoms with Gasteiger partial charge in [-0.2, -0.15) is 5.26 Å². The molecule has 1 heterocycles. The monoisotopic (exact) mass is 339 g/mol. The normalized spacial score (nSPS) is 22.2.